The molecule has 0 spiro atoms. The van der Waals surface area contributed by atoms with Gasteiger partial charge in [0, 0.05) is 0 Å². The Morgan fingerprint density at radius 1 is 1.57 bits per heavy atom. The molecule has 1 heterocycles. The number of nitrogens with zero attached hydrogens (tertiary/aromatic N) is 2. The van der Waals surface area contributed by atoms with Gasteiger partial charge in [0.05, 0.1) is 5.02 Å². The molecular weight excluding hydrogens is 228 g/mol. The van der Waals surface area contributed by atoms with Gasteiger partial charge in [-0.1, -0.05) is 16.1 Å². The maximum absolute atomic E-state index is 10.4. The molecule has 5 nitrogen and oxygen atoms in total. The maximum Gasteiger partial charge on any atom is 0.511 e. The summed E-state index contributed by atoms with van der Waals surface area (Å²) in [6, 6.07) is 3.17. The molecule has 0 bridgehead atoms. The predicted octanol–water partition coefficient (Wildman–Crippen LogP) is 2.40. The second-order valence-corrected chi connectivity index (χ2v) is 3.53. The van der Waals surface area contributed by atoms with Gasteiger partial charge in [-0.3, -0.25) is 0 Å². The smallest absolute Gasteiger partial charge is 0.449 e. The van der Waals surface area contributed by atoms with Crippen LogP contribution in [0, 0.1) is 0 Å². The molecule has 72 valence electrons. The van der Waals surface area contributed by atoms with Gasteiger partial charge in [-0.15, -0.1) is 5.10 Å². The summed E-state index contributed by atoms with van der Waals surface area (Å²) < 4.78 is 8.73. The van der Waals surface area contributed by atoms with E-state index in [9.17, 15) is 4.79 Å². The molecule has 0 saturated heterocycles. The van der Waals surface area contributed by atoms with E-state index in [1.807, 2.05) is 0 Å². The molecule has 0 fully saturated rings. The van der Waals surface area contributed by atoms with E-state index in [2.05, 4.69) is 14.3 Å². The van der Waals surface area contributed by atoms with Gasteiger partial charge in [0.15, 0.2) is 5.75 Å². The third-order valence-electron chi connectivity index (χ3n) is 1.51. The SMILES string of the molecule is O=C(O)Oc1c(Cl)ccc2nnsc12. The van der Waals surface area contributed by atoms with Crippen molar-refractivity contribution in [3.05, 3.63) is 17.2 Å². The Labute approximate surface area is 87.0 Å². The number of rotatable bonds is 1. The van der Waals surface area contributed by atoms with E-state index < -0.39 is 6.16 Å². The zero-order valence-electron chi connectivity index (χ0n) is 6.60. The minimum Gasteiger partial charge on any atom is -0.449 e. The molecule has 14 heavy (non-hydrogen) atoms. The van der Waals surface area contributed by atoms with Crippen molar-refractivity contribution in [3.63, 3.8) is 0 Å². The standard InChI is InChI=1S/C7H3ClN2O3S/c8-3-1-2-4-6(14-10-9-4)5(3)13-7(11)12/h1-2H,(H,11,12). The number of halogens is 1. The minimum atomic E-state index is -1.41. The van der Waals surface area contributed by atoms with Crippen LogP contribution in [0.4, 0.5) is 4.79 Å². The van der Waals surface area contributed by atoms with Crippen LogP contribution in [-0.2, 0) is 0 Å². The van der Waals surface area contributed by atoms with Crippen molar-refractivity contribution < 1.29 is 14.6 Å². The third-order valence-corrected chi connectivity index (χ3v) is 2.55. The molecule has 0 radical (unpaired) electrons. The molecule has 1 aromatic heterocycles. The molecule has 0 amide bonds. The van der Waals surface area contributed by atoms with E-state index in [0.717, 1.165) is 11.5 Å². The van der Waals surface area contributed by atoms with Crippen LogP contribution >= 0.6 is 23.1 Å². The Hall–Kier alpha value is -1.40. The van der Waals surface area contributed by atoms with Crippen molar-refractivity contribution in [2.24, 2.45) is 0 Å². The summed E-state index contributed by atoms with van der Waals surface area (Å²) in [4.78, 5) is 10.4. The van der Waals surface area contributed by atoms with Crippen molar-refractivity contribution in [2.75, 3.05) is 0 Å². The van der Waals surface area contributed by atoms with Crippen LogP contribution in [0.3, 0.4) is 0 Å². The average Bonchev–Trinajstić information content (AvgIpc) is 2.57. The first-order valence-corrected chi connectivity index (χ1v) is 4.65. The molecular formula is C7H3ClN2O3S. The highest BCUT2D eigenvalue weighted by atomic mass is 35.5. The fourth-order valence-electron chi connectivity index (χ4n) is 0.983. The summed E-state index contributed by atoms with van der Waals surface area (Å²) in [5.41, 5.74) is 0.565. The summed E-state index contributed by atoms with van der Waals surface area (Å²) in [6.07, 6.45) is -1.41. The van der Waals surface area contributed by atoms with Gasteiger partial charge in [-0.25, -0.2) is 4.79 Å². The van der Waals surface area contributed by atoms with E-state index in [-0.39, 0.29) is 10.8 Å². The normalized spacial score (nSPS) is 10.4. The number of ether oxygens (including phenoxy) is 1. The van der Waals surface area contributed by atoms with Gasteiger partial charge in [0.2, 0.25) is 0 Å². The summed E-state index contributed by atoms with van der Waals surface area (Å²) in [7, 11) is 0. The largest absolute Gasteiger partial charge is 0.511 e. The monoisotopic (exact) mass is 230 g/mol. The predicted molar refractivity (Wildman–Crippen MR) is 51.1 cm³/mol. The number of carbonyl (C=O) groups is 1. The van der Waals surface area contributed by atoms with Gasteiger partial charge in [-0.05, 0) is 23.7 Å². The fourth-order valence-corrected chi connectivity index (χ4v) is 1.88. The highest BCUT2D eigenvalue weighted by Crippen LogP contribution is 2.34. The summed E-state index contributed by atoms with van der Waals surface area (Å²) in [5.74, 6) is 0.0895. The Balaban J connectivity index is 2.64. The maximum atomic E-state index is 10.4. The fraction of sp³-hybridized carbons (Fsp3) is 0. The van der Waals surface area contributed by atoms with Crippen LogP contribution in [0.15, 0.2) is 12.1 Å². The number of hydrogen-bond acceptors (Lipinski definition) is 5. The lowest BCUT2D eigenvalue weighted by Gasteiger charge is -2.01. The average molecular weight is 231 g/mol. The zero-order valence-corrected chi connectivity index (χ0v) is 8.17. The Kier molecular flexibility index (Phi) is 2.22. The van der Waals surface area contributed by atoms with Crippen LogP contribution in [0.5, 0.6) is 5.75 Å². The molecule has 2 aromatic rings. The van der Waals surface area contributed by atoms with Gasteiger partial charge in [0.1, 0.15) is 10.2 Å². The number of fused-ring (bicyclic) bond motifs is 1. The highest BCUT2D eigenvalue weighted by Gasteiger charge is 2.13. The highest BCUT2D eigenvalue weighted by molar-refractivity contribution is 7.13. The minimum absolute atomic E-state index is 0.0895. The van der Waals surface area contributed by atoms with Crippen molar-refractivity contribution in [3.8, 4) is 5.75 Å². The summed E-state index contributed by atoms with van der Waals surface area (Å²) >= 11 is 6.80. The van der Waals surface area contributed by atoms with Crippen molar-refractivity contribution in [1.82, 2.24) is 9.59 Å². The first-order chi connectivity index (χ1) is 6.68. The number of aromatic nitrogens is 2. The van der Waals surface area contributed by atoms with Crippen LogP contribution < -0.4 is 4.74 Å². The molecule has 1 aromatic carbocycles. The Morgan fingerprint density at radius 2 is 2.36 bits per heavy atom. The van der Waals surface area contributed by atoms with Gasteiger partial charge < -0.3 is 9.84 Å². The van der Waals surface area contributed by atoms with Crippen LogP contribution in [0.2, 0.25) is 5.02 Å². The van der Waals surface area contributed by atoms with Gasteiger partial charge in [-0.2, -0.15) is 0 Å². The molecule has 0 unspecified atom stereocenters. The number of hydrogen-bond donors (Lipinski definition) is 1. The Morgan fingerprint density at radius 3 is 3.07 bits per heavy atom. The summed E-state index contributed by atoms with van der Waals surface area (Å²) in [5, 5.41) is 12.5. The summed E-state index contributed by atoms with van der Waals surface area (Å²) in [6.45, 7) is 0. The molecule has 2 rings (SSSR count). The van der Waals surface area contributed by atoms with Crippen molar-refractivity contribution in [2.45, 2.75) is 0 Å². The molecule has 1 N–H and O–H groups in total. The first-order valence-electron chi connectivity index (χ1n) is 3.50. The quantitative estimate of drug-likeness (QED) is 0.602. The third kappa shape index (κ3) is 1.49. The molecule has 0 aliphatic rings. The van der Waals surface area contributed by atoms with E-state index in [1.165, 1.54) is 6.07 Å². The van der Waals surface area contributed by atoms with Crippen LogP contribution in [0.25, 0.3) is 10.2 Å². The molecule has 0 saturated carbocycles. The lowest BCUT2D eigenvalue weighted by atomic mass is 10.3. The number of benzene rings is 1. The number of carboxylic acid groups (broad SMARTS) is 1. The molecule has 0 aliphatic carbocycles. The van der Waals surface area contributed by atoms with Crippen LogP contribution in [0.1, 0.15) is 0 Å². The zero-order chi connectivity index (χ0) is 10.1. The van der Waals surface area contributed by atoms with E-state index in [4.69, 9.17) is 16.7 Å². The topological polar surface area (TPSA) is 72.3 Å². The molecule has 7 heteroatoms. The van der Waals surface area contributed by atoms with Gasteiger partial charge >= 0.3 is 6.16 Å². The lowest BCUT2D eigenvalue weighted by Crippen LogP contribution is -2.03. The lowest BCUT2D eigenvalue weighted by molar-refractivity contribution is 0.145. The van der Waals surface area contributed by atoms with Crippen molar-refractivity contribution >= 4 is 39.5 Å². The second kappa shape index (κ2) is 3.39. The van der Waals surface area contributed by atoms with E-state index >= 15 is 0 Å². The van der Waals surface area contributed by atoms with Gasteiger partial charge in [0.25, 0.3) is 0 Å². The molecule has 0 aliphatic heterocycles. The second-order valence-electron chi connectivity index (χ2n) is 2.37. The first kappa shape index (κ1) is 9.17. The molecule has 0 atom stereocenters. The van der Waals surface area contributed by atoms with Crippen LogP contribution in [-0.4, -0.2) is 20.8 Å². The van der Waals surface area contributed by atoms with E-state index in [1.54, 1.807) is 6.07 Å². The van der Waals surface area contributed by atoms with E-state index in [0.29, 0.717) is 10.2 Å². The van der Waals surface area contributed by atoms with Crippen molar-refractivity contribution in [1.29, 1.82) is 0 Å². The Bertz CT molecular complexity index is 499.